The lowest BCUT2D eigenvalue weighted by Gasteiger charge is -2.05. The van der Waals surface area contributed by atoms with E-state index in [1.165, 1.54) is 0 Å². The van der Waals surface area contributed by atoms with Gasteiger partial charge in [-0.25, -0.2) is 0 Å². The number of amides is 2. The summed E-state index contributed by atoms with van der Waals surface area (Å²) < 4.78 is 0. The largest absolute Gasteiger partial charge is 0.361 e. The van der Waals surface area contributed by atoms with E-state index >= 15 is 0 Å². The van der Waals surface area contributed by atoms with Crippen molar-refractivity contribution in [2.75, 3.05) is 7.05 Å². The molecular weight excluding hydrogens is 214 g/mol. The van der Waals surface area contributed by atoms with Crippen molar-refractivity contribution in [2.45, 2.75) is 5.75 Å². The summed E-state index contributed by atoms with van der Waals surface area (Å²) in [6, 6.07) is 3.33. The summed E-state index contributed by atoms with van der Waals surface area (Å²) in [5, 5.41) is 2.02. The maximum absolute atomic E-state index is 11.4. The fourth-order valence-electron chi connectivity index (χ4n) is 1.03. The lowest BCUT2D eigenvalue weighted by Crippen LogP contribution is -2.20. The Morgan fingerprint density at radius 3 is 2.93 bits per heavy atom. The fourth-order valence-corrected chi connectivity index (χ4v) is 1.54. The van der Waals surface area contributed by atoms with Crippen LogP contribution >= 0.6 is 11.8 Å². The van der Waals surface area contributed by atoms with Gasteiger partial charge in [-0.1, -0.05) is 11.8 Å². The highest BCUT2D eigenvalue weighted by Crippen LogP contribution is 2.13. The van der Waals surface area contributed by atoms with Crippen LogP contribution in [0.25, 0.3) is 0 Å². The zero-order chi connectivity index (χ0) is 11.3. The number of rotatable bonds is 3. The van der Waals surface area contributed by atoms with E-state index in [0.717, 1.165) is 11.8 Å². The quantitative estimate of drug-likeness (QED) is 0.795. The Bertz CT molecular complexity index is 381. The molecule has 0 unspecified atom stereocenters. The first-order chi connectivity index (χ1) is 7.15. The maximum atomic E-state index is 11.4. The smallest absolute Gasteiger partial charge is 0.276 e. The van der Waals surface area contributed by atoms with Crippen molar-refractivity contribution in [2.24, 2.45) is 5.73 Å². The molecule has 0 saturated heterocycles. The van der Waals surface area contributed by atoms with Crippen LogP contribution in [0.3, 0.4) is 0 Å². The Kier molecular flexibility index (Phi) is 4.11. The first-order valence-electron chi connectivity index (χ1n) is 4.23. The highest BCUT2D eigenvalue weighted by Gasteiger charge is 2.11. The van der Waals surface area contributed by atoms with Crippen molar-refractivity contribution in [3.63, 3.8) is 0 Å². The molecule has 0 atom stereocenters. The van der Waals surface area contributed by atoms with Crippen LogP contribution in [0.2, 0.25) is 0 Å². The molecule has 6 heteroatoms. The molecule has 0 saturated carbocycles. The Morgan fingerprint density at radius 1 is 1.60 bits per heavy atom. The molecule has 0 spiro atoms. The minimum absolute atomic E-state index is 0.219. The normalized spacial score (nSPS) is 9.67. The standard InChI is InChI=1S/C9H11N3O2S/c1-11-8(13)6-3-2-4-12-7(6)5-15-9(10)14/h2-4H,5H2,1H3,(H2,10,14)(H,11,13). The average molecular weight is 225 g/mol. The van der Waals surface area contributed by atoms with Crippen molar-refractivity contribution in [1.82, 2.24) is 10.3 Å². The van der Waals surface area contributed by atoms with Crippen LogP contribution in [0.1, 0.15) is 16.1 Å². The number of aromatic nitrogens is 1. The van der Waals surface area contributed by atoms with Crippen LogP contribution in [-0.2, 0) is 5.75 Å². The molecule has 0 aromatic carbocycles. The summed E-state index contributed by atoms with van der Waals surface area (Å²) in [6.07, 6.45) is 1.57. The van der Waals surface area contributed by atoms with E-state index in [1.807, 2.05) is 0 Å². The molecule has 3 N–H and O–H groups in total. The van der Waals surface area contributed by atoms with E-state index in [0.29, 0.717) is 17.0 Å². The molecule has 0 radical (unpaired) electrons. The molecule has 0 fully saturated rings. The number of carbonyl (C=O) groups is 2. The molecule has 1 aromatic rings. The number of primary amides is 1. The molecule has 1 rings (SSSR count). The fraction of sp³-hybridized carbons (Fsp3) is 0.222. The van der Waals surface area contributed by atoms with E-state index in [9.17, 15) is 9.59 Å². The number of hydrogen-bond donors (Lipinski definition) is 2. The van der Waals surface area contributed by atoms with Gasteiger partial charge in [-0.05, 0) is 12.1 Å². The zero-order valence-electron chi connectivity index (χ0n) is 8.19. The molecule has 0 aliphatic heterocycles. The van der Waals surface area contributed by atoms with Gasteiger partial charge in [0.15, 0.2) is 0 Å². The minimum Gasteiger partial charge on any atom is -0.361 e. The predicted molar refractivity (Wildman–Crippen MR) is 58.5 cm³/mol. The molecule has 0 bridgehead atoms. The van der Waals surface area contributed by atoms with E-state index < -0.39 is 5.24 Å². The third kappa shape index (κ3) is 3.25. The highest BCUT2D eigenvalue weighted by molar-refractivity contribution is 8.12. The summed E-state index contributed by atoms with van der Waals surface area (Å²) in [4.78, 5) is 26.0. The third-order valence-electron chi connectivity index (χ3n) is 1.71. The summed E-state index contributed by atoms with van der Waals surface area (Å²) in [6.45, 7) is 0. The average Bonchev–Trinajstić information content (AvgIpc) is 2.25. The zero-order valence-corrected chi connectivity index (χ0v) is 9.00. The first kappa shape index (κ1) is 11.5. The number of pyridine rings is 1. The Labute approximate surface area is 91.4 Å². The molecule has 1 heterocycles. The van der Waals surface area contributed by atoms with Crippen molar-refractivity contribution < 1.29 is 9.59 Å². The molecule has 0 aliphatic rings. The van der Waals surface area contributed by atoms with Crippen LogP contribution in [0, 0.1) is 0 Å². The SMILES string of the molecule is CNC(=O)c1cccnc1CSC(N)=O. The number of nitrogens with one attached hydrogen (secondary N) is 1. The Hall–Kier alpha value is -1.56. The number of thioether (sulfide) groups is 1. The van der Waals surface area contributed by atoms with E-state index in [2.05, 4.69) is 10.3 Å². The van der Waals surface area contributed by atoms with Gasteiger partial charge in [-0.15, -0.1) is 0 Å². The number of hydrogen-bond acceptors (Lipinski definition) is 4. The maximum Gasteiger partial charge on any atom is 0.276 e. The molecule has 0 aliphatic carbocycles. The van der Waals surface area contributed by atoms with Crippen LogP contribution in [0.15, 0.2) is 18.3 Å². The Balaban J connectivity index is 2.86. The Morgan fingerprint density at radius 2 is 2.33 bits per heavy atom. The summed E-state index contributed by atoms with van der Waals surface area (Å²) >= 11 is 0.923. The van der Waals surface area contributed by atoms with Gasteiger partial charge in [-0.2, -0.15) is 0 Å². The third-order valence-corrected chi connectivity index (χ3v) is 2.42. The van der Waals surface area contributed by atoms with Crippen molar-refractivity contribution >= 4 is 22.9 Å². The highest BCUT2D eigenvalue weighted by atomic mass is 32.2. The van der Waals surface area contributed by atoms with Crippen LogP contribution in [0.4, 0.5) is 4.79 Å². The molecule has 2 amide bonds. The molecule has 15 heavy (non-hydrogen) atoms. The lowest BCUT2D eigenvalue weighted by molar-refractivity contribution is 0.0962. The minimum atomic E-state index is -0.483. The molecule has 5 nitrogen and oxygen atoms in total. The van der Waals surface area contributed by atoms with Crippen molar-refractivity contribution in [3.05, 3.63) is 29.6 Å². The number of nitrogens with zero attached hydrogens (tertiary/aromatic N) is 1. The summed E-state index contributed by atoms with van der Waals surface area (Å²) in [7, 11) is 1.54. The number of nitrogens with two attached hydrogens (primary N) is 1. The van der Waals surface area contributed by atoms with Gasteiger partial charge < -0.3 is 11.1 Å². The van der Waals surface area contributed by atoms with Gasteiger partial charge >= 0.3 is 0 Å². The van der Waals surface area contributed by atoms with Crippen molar-refractivity contribution in [1.29, 1.82) is 0 Å². The van der Waals surface area contributed by atoms with E-state index in [-0.39, 0.29) is 5.91 Å². The topological polar surface area (TPSA) is 85.1 Å². The summed E-state index contributed by atoms with van der Waals surface area (Å²) in [5.41, 5.74) is 6.02. The van der Waals surface area contributed by atoms with Gasteiger partial charge in [0.2, 0.25) is 0 Å². The number of carbonyl (C=O) groups excluding carboxylic acids is 2. The predicted octanol–water partition coefficient (Wildman–Crippen LogP) is 0.753. The summed E-state index contributed by atoms with van der Waals surface area (Å²) in [5.74, 6) is 0.0852. The molecular formula is C9H11N3O2S. The van der Waals surface area contributed by atoms with Gasteiger partial charge in [0.05, 0.1) is 11.3 Å². The van der Waals surface area contributed by atoms with E-state index in [1.54, 1.807) is 25.4 Å². The lowest BCUT2D eigenvalue weighted by atomic mass is 10.2. The second-order valence-corrected chi connectivity index (χ2v) is 3.66. The van der Waals surface area contributed by atoms with Gasteiger partial charge in [0.1, 0.15) is 0 Å². The van der Waals surface area contributed by atoms with Crippen molar-refractivity contribution in [3.8, 4) is 0 Å². The van der Waals surface area contributed by atoms with Crippen LogP contribution < -0.4 is 11.1 Å². The molecule has 1 aromatic heterocycles. The first-order valence-corrected chi connectivity index (χ1v) is 5.22. The second kappa shape index (κ2) is 5.35. The van der Waals surface area contributed by atoms with Crippen LogP contribution in [0.5, 0.6) is 0 Å². The van der Waals surface area contributed by atoms with E-state index in [4.69, 9.17) is 5.73 Å². The van der Waals surface area contributed by atoms with Crippen LogP contribution in [-0.4, -0.2) is 23.2 Å². The van der Waals surface area contributed by atoms with Gasteiger partial charge in [-0.3, -0.25) is 14.6 Å². The molecule has 80 valence electrons. The second-order valence-electron chi connectivity index (χ2n) is 2.68. The van der Waals surface area contributed by atoms with Gasteiger partial charge in [0.25, 0.3) is 11.1 Å². The monoisotopic (exact) mass is 225 g/mol. The van der Waals surface area contributed by atoms with Gasteiger partial charge in [0, 0.05) is 19.0 Å².